The third-order valence-electron chi connectivity index (χ3n) is 3.14. The van der Waals surface area contributed by atoms with Crippen LogP contribution in [0.15, 0.2) is 40.2 Å². The van der Waals surface area contributed by atoms with Crippen LogP contribution in [0.3, 0.4) is 0 Å². The molecule has 1 N–H and O–H groups in total. The van der Waals surface area contributed by atoms with E-state index >= 15 is 0 Å². The molecule has 0 aliphatic rings. The van der Waals surface area contributed by atoms with Crippen molar-refractivity contribution < 1.29 is 14.3 Å². The molecule has 4 nitrogen and oxygen atoms in total. The fraction of sp³-hybridized carbons (Fsp3) is 0.250. The summed E-state index contributed by atoms with van der Waals surface area (Å²) in [6.07, 6.45) is 1.87. The van der Waals surface area contributed by atoms with Crippen molar-refractivity contribution >= 4 is 50.9 Å². The van der Waals surface area contributed by atoms with Crippen LogP contribution in [0.5, 0.6) is 0 Å². The molecule has 23 heavy (non-hydrogen) atoms. The lowest BCUT2D eigenvalue weighted by Crippen LogP contribution is -2.43. The first-order chi connectivity index (χ1) is 11.1. The molecular weight excluding hydrogens is 398 g/mol. The number of amides is 1. The van der Waals surface area contributed by atoms with Crippen LogP contribution in [0.2, 0.25) is 0 Å². The van der Waals surface area contributed by atoms with E-state index in [1.54, 1.807) is 17.4 Å². The average molecular weight is 414 g/mol. The van der Waals surface area contributed by atoms with E-state index in [1.165, 1.54) is 18.9 Å². The second kappa shape index (κ2) is 8.52. The van der Waals surface area contributed by atoms with Gasteiger partial charge in [-0.05, 0) is 35.9 Å². The Morgan fingerprint density at radius 2 is 2.17 bits per heavy atom. The van der Waals surface area contributed by atoms with Crippen LogP contribution in [0, 0.1) is 0 Å². The van der Waals surface area contributed by atoms with Crippen LogP contribution in [0.25, 0.3) is 10.4 Å². The molecule has 2 rings (SSSR count). The van der Waals surface area contributed by atoms with Gasteiger partial charge in [-0.1, -0.05) is 22.0 Å². The number of halogens is 1. The molecule has 1 atom stereocenters. The molecule has 0 bridgehead atoms. The molecule has 1 aromatic carbocycles. The predicted molar refractivity (Wildman–Crippen MR) is 99.1 cm³/mol. The molecule has 122 valence electrons. The van der Waals surface area contributed by atoms with E-state index in [-0.39, 0.29) is 5.91 Å². The minimum atomic E-state index is -0.665. The Balaban J connectivity index is 2.30. The standard InChI is InChI=1S/C16H16BrNO3S2/c1-21-16(20)13(9-22-2)18-15(19)11-6-5-10(17)8-12(11)14-4-3-7-23-14/h3-8,13H,9H2,1-2H3,(H,18,19)/t13-/m0/s1. The van der Waals surface area contributed by atoms with E-state index < -0.39 is 12.0 Å². The first-order valence-corrected chi connectivity index (χ1v) is 9.84. The molecule has 0 aliphatic carbocycles. The highest BCUT2D eigenvalue weighted by Gasteiger charge is 2.23. The van der Waals surface area contributed by atoms with Gasteiger partial charge in [0.15, 0.2) is 0 Å². The highest BCUT2D eigenvalue weighted by atomic mass is 79.9. The van der Waals surface area contributed by atoms with Crippen molar-refractivity contribution in [2.75, 3.05) is 19.1 Å². The predicted octanol–water partition coefficient (Wildman–Crippen LogP) is 3.81. The number of thiophene rings is 1. The zero-order valence-corrected chi connectivity index (χ0v) is 15.9. The lowest BCUT2D eigenvalue weighted by Gasteiger charge is -2.16. The van der Waals surface area contributed by atoms with Crippen molar-refractivity contribution in [2.24, 2.45) is 0 Å². The molecule has 0 radical (unpaired) electrons. The highest BCUT2D eigenvalue weighted by Crippen LogP contribution is 2.30. The van der Waals surface area contributed by atoms with Crippen molar-refractivity contribution in [3.05, 3.63) is 45.7 Å². The first kappa shape index (κ1) is 18.0. The maximum absolute atomic E-state index is 12.6. The van der Waals surface area contributed by atoms with E-state index in [0.29, 0.717) is 11.3 Å². The molecule has 0 unspecified atom stereocenters. The van der Waals surface area contributed by atoms with E-state index in [9.17, 15) is 9.59 Å². The maximum atomic E-state index is 12.6. The van der Waals surface area contributed by atoms with Crippen LogP contribution < -0.4 is 5.32 Å². The molecule has 0 fully saturated rings. The Morgan fingerprint density at radius 3 is 2.78 bits per heavy atom. The summed E-state index contributed by atoms with van der Waals surface area (Å²) >= 11 is 6.47. The van der Waals surface area contributed by atoms with Gasteiger partial charge in [0.25, 0.3) is 5.91 Å². The Kier molecular flexibility index (Phi) is 6.68. The molecule has 0 saturated carbocycles. The minimum absolute atomic E-state index is 0.287. The fourth-order valence-electron chi connectivity index (χ4n) is 2.06. The largest absolute Gasteiger partial charge is 0.467 e. The van der Waals surface area contributed by atoms with Gasteiger partial charge in [-0.2, -0.15) is 11.8 Å². The van der Waals surface area contributed by atoms with Crippen LogP contribution in [0.1, 0.15) is 10.4 Å². The normalized spacial score (nSPS) is 11.8. The van der Waals surface area contributed by atoms with E-state index in [1.807, 2.05) is 35.9 Å². The molecule has 0 saturated heterocycles. The van der Waals surface area contributed by atoms with Crippen molar-refractivity contribution in [3.8, 4) is 10.4 Å². The number of rotatable bonds is 6. The third kappa shape index (κ3) is 4.59. The van der Waals surface area contributed by atoms with Crippen LogP contribution in [-0.2, 0) is 9.53 Å². The van der Waals surface area contributed by atoms with Gasteiger partial charge < -0.3 is 10.1 Å². The number of nitrogens with one attached hydrogen (secondary N) is 1. The fourth-order valence-corrected chi connectivity index (χ4v) is 3.73. The number of benzene rings is 1. The highest BCUT2D eigenvalue weighted by molar-refractivity contribution is 9.10. The summed E-state index contributed by atoms with van der Waals surface area (Å²) in [5.41, 5.74) is 1.37. The van der Waals surface area contributed by atoms with E-state index in [4.69, 9.17) is 4.74 Å². The van der Waals surface area contributed by atoms with Gasteiger partial charge in [0.1, 0.15) is 6.04 Å². The van der Waals surface area contributed by atoms with Gasteiger partial charge in [0.05, 0.1) is 7.11 Å². The zero-order chi connectivity index (χ0) is 16.8. The molecular formula is C16H16BrNO3S2. The molecule has 1 amide bonds. The number of carbonyl (C=O) groups is 2. The van der Waals surface area contributed by atoms with Crippen LogP contribution in [-0.4, -0.2) is 37.0 Å². The molecule has 0 aliphatic heterocycles. The van der Waals surface area contributed by atoms with Crippen LogP contribution >= 0.6 is 39.0 Å². The summed E-state index contributed by atoms with van der Waals surface area (Å²) in [4.78, 5) is 25.4. The summed E-state index contributed by atoms with van der Waals surface area (Å²) < 4.78 is 5.65. The smallest absolute Gasteiger partial charge is 0.329 e. The van der Waals surface area contributed by atoms with Gasteiger partial charge in [-0.25, -0.2) is 4.79 Å². The van der Waals surface area contributed by atoms with Crippen molar-refractivity contribution in [2.45, 2.75) is 6.04 Å². The van der Waals surface area contributed by atoms with Crippen LogP contribution in [0.4, 0.5) is 0 Å². The van der Waals surface area contributed by atoms with Crippen molar-refractivity contribution in [1.29, 1.82) is 0 Å². The topological polar surface area (TPSA) is 55.4 Å². The number of carbonyl (C=O) groups excluding carboxylic acids is 2. The number of hydrogen-bond donors (Lipinski definition) is 1. The Morgan fingerprint density at radius 1 is 1.39 bits per heavy atom. The number of esters is 1. The van der Waals surface area contributed by atoms with Gasteiger partial charge in [-0.3, -0.25) is 4.79 Å². The molecule has 0 spiro atoms. The number of hydrogen-bond acceptors (Lipinski definition) is 5. The quantitative estimate of drug-likeness (QED) is 0.731. The second-order valence-corrected chi connectivity index (χ2v) is 7.45. The zero-order valence-electron chi connectivity index (χ0n) is 12.7. The molecule has 7 heteroatoms. The van der Waals surface area contributed by atoms with E-state index in [0.717, 1.165) is 14.9 Å². The summed E-state index contributed by atoms with van der Waals surface area (Å²) in [5, 5.41) is 4.72. The lowest BCUT2D eigenvalue weighted by molar-refractivity contribution is -0.142. The minimum Gasteiger partial charge on any atom is -0.467 e. The van der Waals surface area contributed by atoms with Gasteiger partial charge in [0.2, 0.25) is 0 Å². The monoisotopic (exact) mass is 413 g/mol. The summed E-state index contributed by atoms with van der Waals surface area (Å²) in [7, 11) is 1.32. The molecule has 1 heterocycles. The first-order valence-electron chi connectivity index (χ1n) is 6.78. The maximum Gasteiger partial charge on any atom is 0.329 e. The number of thioether (sulfide) groups is 1. The lowest BCUT2D eigenvalue weighted by atomic mass is 10.1. The Hall–Kier alpha value is -1.31. The van der Waals surface area contributed by atoms with Gasteiger partial charge >= 0.3 is 5.97 Å². The Labute approximate surface area is 151 Å². The van der Waals surface area contributed by atoms with Crippen molar-refractivity contribution in [1.82, 2.24) is 5.32 Å². The summed E-state index contributed by atoms with van der Waals surface area (Å²) in [6.45, 7) is 0. The molecule has 1 aromatic heterocycles. The average Bonchev–Trinajstić information content (AvgIpc) is 3.07. The van der Waals surface area contributed by atoms with E-state index in [2.05, 4.69) is 21.2 Å². The van der Waals surface area contributed by atoms with Crippen molar-refractivity contribution in [3.63, 3.8) is 0 Å². The number of ether oxygens (including phenoxy) is 1. The number of methoxy groups -OCH3 is 1. The summed E-state index contributed by atoms with van der Waals surface area (Å²) in [6, 6.07) is 8.71. The van der Waals surface area contributed by atoms with Gasteiger partial charge in [0, 0.05) is 26.2 Å². The Bertz CT molecular complexity index is 689. The SMILES string of the molecule is COC(=O)[C@H](CSC)NC(=O)c1ccc(Br)cc1-c1cccs1. The second-order valence-electron chi connectivity index (χ2n) is 4.67. The molecule has 2 aromatic rings. The van der Waals surface area contributed by atoms with Gasteiger partial charge in [-0.15, -0.1) is 11.3 Å². The third-order valence-corrected chi connectivity index (χ3v) is 5.20. The summed E-state index contributed by atoms with van der Waals surface area (Å²) in [5.74, 6) is -0.267.